The van der Waals surface area contributed by atoms with Crippen LogP contribution in [-0.2, 0) is 28.9 Å². The van der Waals surface area contributed by atoms with Gasteiger partial charge in [-0.15, -0.1) is 0 Å². The Bertz CT molecular complexity index is 689. The van der Waals surface area contributed by atoms with E-state index in [0.717, 1.165) is 36.5 Å². The fourth-order valence-corrected chi connectivity index (χ4v) is 3.11. The minimum Gasteiger partial charge on any atom is -0.354 e. The van der Waals surface area contributed by atoms with Crippen molar-refractivity contribution >= 4 is 17.8 Å². The molecule has 24 heavy (non-hydrogen) atoms. The summed E-state index contributed by atoms with van der Waals surface area (Å²) >= 11 is 0. The predicted octanol–water partition coefficient (Wildman–Crippen LogP) is -0.126. The molecule has 2 aliphatic rings. The van der Waals surface area contributed by atoms with Gasteiger partial charge in [-0.25, -0.2) is 14.8 Å². The summed E-state index contributed by atoms with van der Waals surface area (Å²) in [6.07, 6.45) is 4.95. The Balaban J connectivity index is 1.49. The lowest BCUT2D eigenvalue weighted by molar-refractivity contribution is -0.121. The van der Waals surface area contributed by atoms with Gasteiger partial charge in [0.25, 0.3) is 0 Å². The van der Waals surface area contributed by atoms with E-state index in [1.54, 1.807) is 0 Å². The zero-order chi connectivity index (χ0) is 17.1. The Kier molecular flexibility index (Phi) is 4.73. The summed E-state index contributed by atoms with van der Waals surface area (Å²) in [5, 5.41) is 4.88. The molecule has 1 aromatic rings. The second kappa shape index (κ2) is 6.94. The smallest absolute Gasteiger partial charge is 0.325 e. The molecule has 0 atom stereocenters. The molecular weight excluding hydrogens is 310 g/mol. The van der Waals surface area contributed by atoms with Crippen molar-refractivity contribution in [2.45, 2.75) is 39.0 Å². The molecule has 128 valence electrons. The van der Waals surface area contributed by atoms with Gasteiger partial charge >= 0.3 is 6.03 Å². The van der Waals surface area contributed by atoms with Gasteiger partial charge in [0.05, 0.1) is 0 Å². The quantitative estimate of drug-likeness (QED) is 0.732. The fraction of sp³-hybridized carbons (Fsp3) is 0.562. The van der Waals surface area contributed by atoms with Crippen LogP contribution >= 0.6 is 0 Å². The van der Waals surface area contributed by atoms with Gasteiger partial charge in [-0.2, -0.15) is 0 Å². The zero-order valence-corrected chi connectivity index (χ0v) is 13.7. The van der Waals surface area contributed by atoms with Crippen LogP contribution in [0, 0.1) is 6.92 Å². The number of aryl methyl sites for hydroxylation is 2. The van der Waals surface area contributed by atoms with Crippen LogP contribution in [0.2, 0.25) is 0 Å². The molecule has 4 amide bonds. The number of hydrogen-bond acceptors (Lipinski definition) is 5. The largest absolute Gasteiger partial charge is 0.354 e. The average Bonchev–Trinajstić information content (AvgIpc) is 2.85. The molecule has 1 aromatic heterocycles. The average molecular weight is 331 g/mol. The van der Waals surface area contributed by atoms with Gasteiger partial charge < -0.3 is 10.2 Å². The number of hydrogen-bond donors (Lipinski definition) is 2. The highest BCUT2D eigenvalue weighted by molar-refractivity contribution is 6.03. The molecule has 0 radical (unpaired) electrons. The summed E-state index contributed by atoms with van der Waals surface area (Å²) in [6.45, 7) is 2.22. The molecule has 8 nitrogen and oxygen atoms in total. The van der Waals surface area contributed by atoms with Crippen LogP contribution in [-0.4, -0.2) is 52.3 Å². The van der Waals surface area contributed by atoms with E-state index in [2.05, 4.69) is 20.6 Å². The van der Waals surface area contributed by atoms with E-state index in [9.17, 15) is 14.4 Å². The number of nitrogens with zero attached hydrogens (tertiary/aromatic N) is 3. The number of fused-ring (bicyclic) bond motifs is 1. The first-order valence-corrected chi connectivity index (χ1v) is 8.23. The van der Waals surface area contributed by atoms with Gasteiger partial charge in [-0.05, 0) is 38.2 Å². The van der Waals surface area contributed by atoms with Crippen molar-refractivity contribution in [1.29, 1.82) is 0 Å². The van der Waals surface area contributed by atoms with Crippen molar-refractivity contribution < 1.29 is 14.4 Å². The standard InChI is InChI=1S/C16H21N5O3/c1-10-11-4-2-3-5-12(11)19-13(18-10)6-7-17-14(22)8-21-9-15(23)20-16(21)24/h2-9H2,1H3,(H,17,22)(H,20,23,24). The van der Waals surface area contributed by atoms with E-state index in [4.69, 9.17) is 0 Å². The van der Waals surface area contributed by atoms with Crippen molar-refractivity contribution in [3.05, 3.63) is 22.8 Å². The van der Waals surface area contributed by atoms with Crippen molar-refractivity contribution in [2.75, 3.05) is 19.6 Å². The third-order valence-electron chi connectivity index (χ3n) is 4.31. The number of nitrogens with one attached hydrogen (secondary N) is 2. The molecule has 1 aliphatic heterocycles. The lowest BCUT2D eigenvalue weighted by Gasteiger charge is -2.17. The maximum absolute atomic E-state index is 11.9. The summed E-state index contributed by atoms with van der Waals surface area (Å²) in [7, 11) is 0. The van der Waals surface area contributed by atoms with Crippen molar-refractivity contribution in [2.24, 2.45) is 0 Å². The third kappa shape index (κ3) is 3.69. The Labute approximate surface area is 140 Å². The summed E-state index contributed by atoms with van der Waals surface area (Å²) in [6, 6.07) is -0.524. The van der Waals surface area contributed by atoms with Crippen LogP contribution in [0.3, 0.4) is 0 Å². The van der Waals surface area contributed by atoms with Crippen LogP contribution in [0.25, 0.3) is 0 Å². The Morgan fingerprint density at radius 2 is 2.04 bits per heavy atom. The second-order valence-corrected chi connectivity index (χ2v) is 6.17. The molecule has 0 unspecified atom stereocenters. The van der Waals surface area contributed by atoms with Crippen LogP contribution in [0.1, 0.15) is 35.6 Å². The van der Waals surface area contributed by atoms with Gasteiger partial charge in [0.2, 0.25) is 11.8 Å². The van der Waals surface area contributed by atoms with Crippen LogP contribution in [0.5, 0.6) is 0 Å². The third-order valence-corrected chi connectivity index (χ3v) is 4.31. The van der Waals surface area contributed by atoms with Crippen molar-refractivity contribution in [3.8, 4) is 0 Å². The molecule has 0 spiro atoms. The van der Waals surface area contributed by atoms with E-state index in [-0.39, 0.29) is 24.9 Å². The minimum atomic E-state index is -0.524. The number of carbonyl (C=O) groups is 3. The molecular formula is C16H21N5O3. The molecule has 2 heterocycles. The summed E-state index contributed by atoms with van der Waals surface area (Å²) in [5.74, 6) is 0.0582. The normalized spacial score (nSPS) is 16.8. The molecule has 3 rings (SSSR count). The molecule has 1 aliphatic carbocycles. The van der Waals surface area contributed by atoms with E-state index in [1.165, 1.54) is 16.9 Å². The second-order valence-electron chi connectivity index (χ2n) is 6.17. The molecule has 1 fully saturated rings. The molecule has 1 saturated heterocycles. The highest BCUT2D eigenvalue weighted by Crippen LogP contribution is 2.21. The number of rotatable bonds is 5. The summed E-state index contributed by atoms with van der Waals surface area (Å²) in [5.41, 5.74) is 3.45. The number of amides is 4. The SMILES string of the molecule is Cc1nc(CCNC(=O)CN2CC(=O)NC2=O)nc2c1CCCC2. The lowest BCUT2D eigenvalue weighted by atomic mass is 9.95. The van der Waals surface area contributed by atoms with Crippen LogP contribution in [0.4, 0.5) is 4.79 Å². The van der Waals surface area contributed by atoms with Gasteiger partial charge in [-0.3, -0.25) is 14.9 Å². The summed E-state index contributed by atoms with van der Waals surface area (Å²) in [4.78, 5) is 44.6. The molecule has 0 aromatic carbocycles. The first kappa shape index (κ1) is 16.4. The zero-order valence-electron chi connectivity index (χ0n) is 13.7. The van der Waals surface area contributed by atoms with Crippen LogP contribution < -0.4 is 10.6 Å². The number of carbonyl (C=O) groups excluding carboxylic acids is 3. The highest BCUT2D eigenvalue weighted by Gasteiger charge is 2.28. The lowest BCUT2D eigenvalue weighted by Crippen LogP contribution is -2.39. The number of aromatic nitrogens is 2. The molecule has 0 saturated carbocycles. The van der Waals surface area contributed by atoms with Gasteiger partial charge in [0.15, 0.2) is 0 Å². The van der Waals surface area contributed by atoms with Gasteiger partial charge in [0, 0.05) is 24.4 Å². The van der Waals surface area contributed by atoms with Crippen LogP contribution in [0.15, 0.2) is 0 Å². The predicted molar refractivity (Wildman–Crippen MR) is 85.2 cm³/mol. The van der Waals surface area contributed by atoms with Crippen molar-refractivity contribution in [3.63, 3.8) is 0 Å². The Morgan fingerprint density at radius 3 is 2.79 bits per heavy atom. The van der Waals surface area contributed by atoms with Crippen molar-refractivity contribution in [1.82, 2.24) is 25.5 Å². The van der Waals surface area contributed by atoms with E-state index in [1.807, 2.05) is 6.92 Å². The molecule has 0 bridgehead atoms. The maximum Gasteiger partial charge on any atom is 0.325 e. The number of urea groups is 1. The topological polar surface area (TPSA) is 104 Å². The minimum absolute atomic E-state index is 0.0701. The molecule has 8 heteroatoms. The number of imide groups is 1. The Morgan fingerprint density at radius 1 is 1.25 bits per heavy atom. The monoisotopic (exact) mass is 331 g/mol. The van der Waals surface area contributed by atoms with Gasteiger partial charge in [0.1, 0.15) is 18.9 Å². The van der Waals surface area contributed by atoms with E-state index < -0.39 is 6.03 Å². The highest BCUT2D eigenvalue weighted by atomic mass is 16.2. The molecule has 2 N–H and O–H groups in total. The maximum atomic E-state index is 11.9. The first-order valence-electron chi connectivity index (χ1n) is 8.23. The van der Waals surface area contributed by atoms with Gasteiger partial charge in [-0.1, -0.05) is 0 Å². The fourth-order valence-electron chi connectivity index (χ4n) is 3.11. The van der Waals surface area contributed by atoms with E-state index >= 15 is 0 Å². The van der Waals surface area contributed by atoms with E-state index in [0.29, 0.717) is 13.0 Å². The first-order chi connectivity index (χ1) is 11.5. The summed E-state index contributed by atoms with van der Waals surface area (Å²) < 4.78 is 0. The Hall–Kier alpha value is -2.51.